The minimum absolute atomic E-state index is 0.0563. The lowest BCUT2D eigenvalue weighted by Gasteiger charge is -2.11. The van der Waals surface area contributed by atoms with Gasteiger partial charge in [-0.3, -0.25) is 10.1 Å². The highest BCUT2D eigenvalue weighted by atomic mass is 35.5. The van der Waals surface area contributed by atoms with E-state index < -0.39 is 5.91 Å². The summed E-state index contributed by atoms with van der Waals surface area (Å²) in [6, 6.07) is 12.5. The Morgan fingerprint density at radius 2 is 2.06 bits per heavy atom. The minimum Gasteiger partial charge on any atom is -0.493 e. The van der Waals surface area contributed by atoms with E-state index in [-0.39, 0.29) is 5.57 Å². The Hall–Kier alpha value is -3.05. The maximum absolute atomic E-state index is 12.7. The van der Waals surface area contributed by atoms with Crippen LogP contribution in [0.1, 0.15) is 35.8 Å². The molecule has 0 radical (unpaired) electrons. The maximum Gasteiger partial charge on any atom is 0.268 e. The Morgan fingerprint density at radius 1 is 1.24 bits per heavy atom. The van der Waals surface area contributed by atoms with Crippen LogP contribution in [0.4, 0.5) is 5.13 Å². The Balaban J connectivity index is 1.69. The highest BCUT2D eigenvalue weighted by Gasteiger charge is 2.14. The molecule has 3 rings (SSSR count). The standard InChI is InChI=1S/C25H23Cl2N3O3S/c1-3-4-9-33-22-8-5-16(11-23(22)32-2)10-18(14-28)24(31)30-25-29-15-20(34-25)12-17-6-7-19(26)13-21(17)27/h5-8,10-11,13,15H,3-4,9,12H2,1-2H3,(H,29,30,31). The molecule has 1 amide bonds. The van der Waals surface area contributed by atoms with E-state index >= 15 is 0 Å². The zero-order chi connectivity index (χ0) is 24.5. The first-order valence-corrected chi connectivity index (χ1v) is 12.1. The largest absolute Gasteiger partial charge is 0.493 e. The van der Waals surface area contributed by atoms with Gasteiger partial charge in [0, 0.05) is 27.5 Å². The van der Waals surface area contributed by atoms with Crippen molar-refractivity contribution in [2.45, 2.75) is 26.2 Å². The van der Waals surface area contributed by atoms with Gasteiger partial charge in [-0.1, -0.05) is 48.7 Å². The van der Waals surface area contributed by atoms with Crippen LogP contribution >= 0.6 is 34.5 Å². The molecule has 6 nitrogen and oxygen atoms in total. The molecule has 0 atom stereocenters. The third-order valence-electron chi connectivity index (χ3n) is 4.77. The lowest BCUT2D eigenvalue weighted by atomic mass is 10.1. The van der Waals surface area contributed by atoms with Crippen LogP contribution in [0.3, 0.4) is 0 Å². The number of hydrogen-bond acceptors (Lipinski definition) is 6. The molecule has 0 aliphatic heterocycles. The summed E-state index contributed by atoms with van der Waals surface area (Å²) in [4.78, 5) is 17.8. The molecule has 0 aliphatic rings. The summed E-state index contributed by atoms with van der Waals surface area (Å²) in [6.07, 6.45) is 5.68. The van der Waals surface area contributed by atoms with Crippen molar-refractivity contribution in [3.05, 3.63) is 74.2 Å². The number of carbonyl (C=O) groups is 1. The van der Waals surface area contributed by atoms with Crippen LogP contribution in [-0.4, -0.2) is 24.6 Å². The molecule has 0 unspecified atom stereocenters. The van der Waals surface area contributed by atoms with Crippen LogP contribution in [0.25, 0.3) is 6.08 Å². The fourth-order valence-electron chi connectivity index (χ4n) is 3.00. The van der Waals surface area contributed by atoms with E-state index in [1.54, 1.807) is 43.6 Å². The monoisotopic (exact) mass is 515 g/mol. The highest BCUT2D eigenvalue weighted by Crippen LogP contribution is 2.30. The average molecular weight is 516 g/mol. The minimum atomic E-state index is -0.546. The number of carbonyl (C=O) groups excluding carboxylic acids is 1. The number of thiazole rings is 1. The van der Waals surface area contributed by atoms with Gasteiger partial charge in [0.05, 0.1) is 13.7 Å². The molecule has 34 heavy (non-hydrogen) atoms. The third kappa shape index (κ3) is 6.97. The van der Waals surface area contributed by atoms with Gasteiger partial charge in [-0.15, -0.1) is 11.3 Å². The summed E-state index contributed by atoms with van der Waals surface area (Å²) in [6.45, 7) is 2.68. The van der Waals surface area contributed by atoms with Crippen molar-refractivity contribution in [2.75, 3.05) is 19.0 Å². The molecule has 3 aromatic rings. The molecule has 1 heterocycles. The number of methoxy groups -OCH3 is 1. The number of nitrogens with one attached hydrogen (secondary N) is 1. The molecule has 1 aromatic heterocycles. The topological polar surface area (TPSA) is 84.2 Å². The number of anilines is 1. The number of benzene rings is 2. The second-order valence-corrected chi connectivity index (χ2v) is 9.24. The van der Waals surface area contributed by atoms with Crippen LogP contribution in [0.15, 0.2) is 48.2 Å². The lowest BCUT2D eigenvalue weighted by Crippen LogP contribution is -2.13. The number of amides is 1. The molecule has 1 N–H and O–H groups in total. The molecular weight excluding hydrogens is 493 g/mol. The zero-order valence-electron chi connectivity index (χ0n) is 18.7. The van der Waals surface area contributed by atoms with Crippen molar-refractivity contribution in [1.29, 1.82) is 5.26 Å². The first kappa shape index (κ1) is 25.6. The molecule has 9 heteroatoms. The first-order valence-electron chi connectivity index (χ1n) is 10.6. The van der Waals surface area contributed by atoms with Gasteiger partial charge in [-0.05, 0) is 47.9 Å². The van der Waals surface area contributed by atoms with Crippen molar-refractivity contribution in [3.8, 4) is 17.6 Å². The normalized spacial score (nSPS) is 11.1. The van der Waals surface area contributed by atoms with Crippen molar-refractivity contribution < 1.29 is 14.3 Å². The van der Waals surface area contributed by atoms with Crippen molar-refractivity contribution in [3.63, 3.8) is 0 Å². The van der Waals surface area contributed by atoms with E-state index in [0.717, 1.165) is 23.3 Å². The van der Waals surface area contributed by atoms with Crippen molar-refractivity contribution >= 4 is 51.7 Å². The number of ether oxygens (including phenoxy) is 2. The van der Waals surface area contributed by atoms with Crippen LogP contribution in [0.2, 0.25) is 10.0 Å². The van der Waals surface area contributed by atoms with E-state index in [4.69, 9.17) is 32.7 Å². The molecular formula is C25H23Cl2N3O3S. The Morgan fingerprint density at radius 3 is 2.76 bits per heavy atom. The second kappa shape index (κ2) is 12.4. The summed E-state index contributed by atoms with van der Waals surface area (Å²) in [5.74, 6) is 0.607. The van der Waals surface area contributed by atoms with Crippen LogP contribution in [0.5, 0.6) is 11.5 Å². The smallest absolute Gasteiger partial charge is 0.268 e. The van der Waals surface area contributed by atoms with E-state index in [0.29, 0.717) is 45.3 Å². The molecule has 0 spiro atoms. The summed E-state index contributed by atoms with van der Waals surface area (Å²) in [5, 5.41) is 13.7. The molecule has 0 saturated carbocycles. The third-order valence-corrected chi connectivity index (χ3v) is 6.27. The Labute approximate surface area is 212 Å². The van der Waals surface area contributed by atoms with Crippen LogP contribution in [0, 0.1) is 11.3 Å². The summed E-state index contributed by atoms with van der Waals surface area (Å²) >= 11 is 13.5. The van der Waals surface area contributed by atoms with Gasteiger partial charge >= 0.3 is 0 Å². The number of hydrogen-bond donors (Lipinski definition) is 1. The lowest BCUT2D eigenvalue weighted by molar-refractivity contribution is -0.112. The SMILES string of the molecule is CCCCOc1ccc(C=C(C#N)C(=O)Nc2ncc(Cc3ccc(Cl)cc3Cl)s2)cc1OC. The number of halogens is 2. The van der Waals surface area contributed by atoms with Crippen LogP contribution < -0.4 is 14.8 Å². The molecule has 0 saturated heterocycles. The van der Waals surface area contributed by atoms with E-state index in [1.165, 1.54) is 17.4 Å². The number of aromatic nitrogens is 1. The number of unbranched alkanes of at least 4 members (excludes halogenated alkanes) is 1. The first-order chi connectivity index (χ1) is 16.4. The maximum atomic E-state index is 12.7. The summed E-state index contributed by atoms with van der Waals surface area (Å²) in [5.41, 5.74) is 1.49. The van der Waals surface area contributed by atoms with Gasteiger partial charge in [-0.2, -0.15) is 5.26 Å². The molecule has 0 bridgehead atoms. The van der Waals surface area contributed by atoms with Gasteiger partial charge in [0.1, 0.15) is 11.6 Å². The van der Waals surface area contributed by atoms with Crippen molar-refractivity contribution in [2.24, 2.45) is 0 Å². The van der Waals surface area contributed by atoms with Gasteiger partial charge in [0.25, 0.3) is 5.91 Å². The van der Waals surface area contributed by atoms with Crippen molar-refractivity contribution in [1.82, 2.24) is 4.98 Å². The average Bonchev–Trinajstić information content (AvgIpc) is 3.26. The van der Waals surface area contributed by atoms with Gasteiger partial charge in [0.2, 0.25) is 0 Å². The fraction of sp³-hybridized carbons (Fsp3) is 0.240. The van der Waals surface area contributed by atoms with Gasteiger partial charge in [0.15, 0.2) is 16.6 Å². The predicted octanol–water partition coefficient (Wildman–Crippen LogP) is 6.77. The summed E-state index contributed by atoms with van der Waals surface area (Å²) < 4.78 is 11.1. The van der Waals surface area contributed by atoms with Crippen LogP contribution in [-0.2, 0) is 11.2 Å². The quantitative estimate of drug-likeness (QED) is 0.183. The molecule has 2 aromatic carbocycles. The highest BCUT2D eigenvalue weighted by molar-refractivity contribution is 7.15. The number of rotatable bonds is 10. The van der Waals surface area contributed by atoms with E-state index in [2.05, 4.69) is 17.2 Å². The number of nitriles is 1. The van der Waals surface area contributed by atoms with E-state index in [1.807, 2.05) is 12.1 Å². The summed E-state index contributed by atoms with van der Waals surface area (Å²) in [7, 11) is 1.55. The fourth-order valence-corrected chi connectivity index (χ4v) is 4.31. The number of nitrogens with zero attached hydrogens (tertiary/aromatic N) is 2. The van der Waals surface area contributed by atoms with Gasteiger partial charge < -0.3 is 9.47 Å². The Bertz CT molecular complexity index is 1230. The molecule has 0 fully saturated rings. The van der Waals surface area contributed by atoms with Gasteiger partial charge in [-0.25, -0.2) is 4.98 Å². The second-order valence-electron chi connectivity index (χ2n) is 7.28. The Kier molecular flexibility index (Phi) is 9.34. The predicted molar refractivity (Wildman–Crippen MR) is 137 cm³/mol. The zero-order valence-corrected chi connectivity index (χ0v) is 21.1. The van der Waals surface area contributed by atoms with E-state index in [9.17, 15) is 10.1 Å². The molecule has 0 aliphatic carbocycles. The molecule has 176 valence electrons.